The van der Waals surface area contributed by atoms with Gasteiger partial charge in [-0.1, -0.05) is 12.1 Å². The number of fused-ring (bicyclic) bond motifs is 2. The molecule has 1 unspecified atom stereocenters. The summed E-state index contributed by atoms with van der Waals surface area (Å²) >= 11 is 0. The van der Waals surface area contributed by atoms with Crippen molar-refractivity contribution in [2.45, 2.75) is 57.2 Å². The fourth-order valence-electron chi connectivity index (χ4n) is 5.25. The predicted octanol–water partition coefficient (Wildman–Crippen LogP) is 3.68. The Balaban J connectivity index is 1.44. The maximum atomic E-state index is 14.5. The molecule has 0 aliphatic carbocycles. The minimum atomic E-state index is -1.55. The number of rotatable bonds is 6. The molecule has 0 spiro atoms. The molecule has 5 nitrogen and oxygen atoms in total. The molecule has 32 heavy (non-hydrogen) atoms. The number of aryl methyl sites for hydroxylation is 1. The number of piperidine rings is 1. The normalized spacial score (nSPS) is 22.2. The fourth-order valence-corrected chi connectivity index (χ4v) is 5.25. The molecule has 2 bridgehead atoms. The molecule has 170 valence electrons. The number of primary amides is 1. The molecule has 0 radical (unpaired) electrons. The van der Waals surface area contributed by atoms with Gasteiger partial charge < -0.3 is 16.4 Å². The van der Waals surface area contributed by atoms with Crippen LogP contribution in [0.25, 0.3) is 0 Å². The van der Waals surface area contributed by atoms with Crippen LogP contribution in [-0.4, -0.2) is 28.8 Å². The van der Waals surface area contributed by atoms with Crippen LogP contribution in [0.15, 0.2) is 30.3 Å². The minimum absolute atomic E-state index is 0.00370. The zero-order valence-corrected chi connectivity index (χ0v) is 17.6. The zero-order valence-electron chi connectivity index (χ0n) is 17.6. The minimum Gasteiger partial charge on any atom is -0.365 e. The molecule has 2 fully saturated rings. The topological polar surface area (TPSA) is 89.4 Å². The Morgan fingerprint density at radius 2 is 1.72 bits per heavy atom. The average molecular weight is 445 g/mol. The van der Waals surface area contributed by atoms with E-state index in [4.69, 9.17) is 11.5 Å². The summed E-state index contributed by atoms with van der Waals surface area (Å²) in [5.41, 5.74) is 11.2. The van der Waals surface area contributed by atoms with Crippen LogP contribution in [0.5, 0.6) is 0 Å². The lowest BCUT2D eigenvalue weighted by atomic mass is 9.85. The second-order valence-corrected chi connectivity index (χ2v) is 8.76. The van der Waals surface area contributed by atoms with Crippen molar-refractivity contribution >= 4 is 11.8 Å². The van der Waals surface area contributed by atoms with E-state index >= 15 is 0 Å². The van der Waals surface area contributed by atoms with Crippen LogP contribution in [-0.2, 0) is 13.0 Å². The number of carbonyl (C=O) groups is 2. The highest BCUT2D eigenvalue weighted by atomic mass is 19.2. The van der Waals surface area contributed by atoms with Crippen LogP contribution in [0, 0.1) is 23.4 Å². The fraction of sp³-hybridized carbons (Fsp3) is 0.417. The summed E-state index contributed by atoms with van der Waals surface area (Å²) < 4.78 is 42.1. The van der Waals surface area contributed by atoms with E-state index in [1.54, 1.807) is 6.07 Å². The molecular formula is C24H26F3N3O2. The van der Waals surface area contributed by atoms with Gasteiger partial charge >= 0.3 is 0 Å². The standard InChI is InChI=1S/C24H26F3N3O2/c25-19-11-15(21(26)20(22(19)27)23(29)31)5-4-13-9-17-6-7-18(10-13)30(17)24(32)16-3-1-2-14(8-16)12-28/h1-3,8,11,13,17-18H,4-7,9-10,12,28H2,(H2,29,31)/t13?,17-,18+. The van der Waals surface area contributed by atoms with Crippen molar-refractivity contribution in [1.82, 2.24) is 4.90 Å². The molecule has 0 saturated carbocycles. The molecule has 2 saturated heterocycles. The van der Waals surface area contributed by atoms with E-state index in [1.165, 1.54) is 0 Å². The summed E-state index contributed by atoms with van der Waals surface area (Å²) in [7, 11) is 0. The lowest BCUT2D eigenvalue weighted by Gasteiger charge is -2.39. The molecule has 0 aromatic heterocycles. The average Bonchev–Trinajstić information content (AvgIpc) is 3.04. The van der Waals surface area contributed by atoms with E-state index in [9.17, 15) is 22.8 Å². The lowest BCUT2D eigenvalue weighted by Crippen LogP contribution is -2.46. The van der Waals surface area contributed by atoms with Crippen molar-refractivity contribution in [3.63, 3.8) is 0 Å². The third kappa shape index (κ3) is 4.11. The number of hydrogen-bond donors (Lipinski definition) is 2. The quantitative estimate of drug-likeness (QED) is 0.665. The first-order valence-electron chi connectivity index (χ1n) is 10.9. The smallest absolute Gasteiger partial charge is 0.254 e. The number of nitrogens with two attached hydrogens (primary N) is 2. The van der Waals surface area contributed by atoms with Crippen molar-refractivity contribution in [2.75, 3.05) is 0 Å². The Morgan fingerprint density at radius 1 is 1.03 bits per heavy atom. The highest BCUT2D eigenvalue weighted by Gasteiger charge is 2.43. The summed E-state index contributed by atoms with van der Waals surface area (Å²) in [5.74, 6) is -5.03. The first kappa shape index (κ1) is 22.3. The van der Waals surface area contributed by atoms with Gasteiger partial charge in [-0.05, 0) is 73.8 Å². The largest absolute Gasteiger partial charge is 0.365 e. The van der Waals surface area contributed by atoms with E-state index in [1.807, 2.05) is 23.1 Å². The van der Waals surface area contributed by atoms with Gasteiger partial charge in [0, 0.05) is 24.2 Å². The summed E-state index contributed by atoms with van der Waals surface area (Å²) in [6.45, 7) is 0.369. The van der Waals surface area contributed by atoms with Gasteiger partial charge in [-0.2, -0.15) is 0 Å². The van der Waals surface area contributed by atoms with E-state index in [0.717, 1.165) is 37.3 Å². The molecule has 2 aliphatic heterocycles. The van der Waals surface area contributed by atoms with Gasteiger partial charge in [0.15, 0.2) is 11.6 Å². The van der Waals surface area contributed by atoms with Gasteiger partial charge in [-0.25, -0.2) is 13.2 Å². The molecular weight excluding hydrogens is 419 g/mol. The molecule has 2 aromatic carbocycles. The molecule has 8 heteroatoms. The molecule has 4 rings (SSSR count). The van der Waals surface area contributed by atoms with Crippen molar-refractivity contribution in [3.05, 3.63) is 70.0 Å². The third-order valence-corrected chi connectivity index (χ3v) is 6.77. The summed E-state index contributed by atoms with van der Waals surface area (Å²) in [6, 6.07) is 8.35. The monoisotopic (exact) mass is 445 g/mol. The Labute approximate surface area is 184 Å². The summed E-state index contributed by atoms with van der Waals surface area (Å²) in [5, 5.41) is 0. The Bertz CT molecular complexity index is 1050. The maximum absolute atomic E-state index is 14.5. The number of hydrogen-bond acceptors (Lipinski definition) is 3. The number of amides is 2. The Morgan fingerprint density at radius 3 is 2.34 bits per heavy atom. The van der Waals surface area contributed by atoms with Gasteiger partial charge in [-0.15, -0.1) is 0 Å². The second-order valence-electron chi connectivity index (χ2n) is 8.76. The first-order valence-corrected chi connectivity index (χ1v) is 10.9. The molecule has 2 aromatic rings. The van der Waals surface area contributed by atoms with Crippen LogP contribution in [0.4, 0.5) is 13.2 Å². The van der Waals surface area contributed by atoms with E-state index in [-0.39, 0.29) is 35.9 Å². The molecule has 2 aliphatic rings. The van der Waals surface area contributed by atoms with Crippen LogP contribution >= 0.6 is 0 Å². The van der Waals surface area contributed by atoms with E-state index in [0.29, 0.717) is 18.5 Å². The molecule has 2 heterocycles. The Hall–Kier alpha value is -2.87. The highest BCUT2D eigenvalue weighted by molar-refractivity contribution is 5.95. The van der Waals surface area contributed by atoms with Crippen molar-refractivity contribution in [2.24, 2.45) is 17.4 Å². The summed E-state index contributed by atoms with van der Waals surface area (Å²) in [6.07, 6.45) is 4.08. The molecule has 4 N–H and O–H groups in total. The maximum Gasteiger partial charge on any atom is 0.254 e. The van der Waals surface area contributed by atoms with Gasteiger partial charge in [0.25, 0.3) is 11.8 Å². The first-order chi connectivity index (χ1) is 15.3. The number of halogens is 3. The van der Waals surface area contributed by atoms with Gasteiger partial charge in [-0.3, -0.25) is 9.59 Å². The highest BCUT2D eigenvalue weighted by Crippen LogP contribution is 2.41. The number of carbonyl (C=O) groups excluding carboxylic acids is 2. The van der Waals surface area contributed by atoms with Gasteiger partial charge in [0.05, 0.1) is 0 Å². The van der Waals surface area contributed by atoms with Crippen LogP contribution in [0.3, 0.4) is 0 Å². The van der Waals surface area contributed by atoms with Gasteiger partial charge in [0.2, 0.25) is 0 Å². The summed E-state index contributed by atoms with van der Waals surface area (Å²) in [4.78, 5) is 26.4. The van der Waals surface area contributed by atoms with Crippen LogP contribution in [0.2, 0.25) is 0 Å². The lowest BCUT2D eigenvalue weighted by molar-refractivity contribution is 0.0517. The third-order valence-electron chi connectivity index (χ3n) is 6.77. The van der Waals surface area contributed by atoms with E-state index in [2.05, 4.69) is 0 Å². The Kier molecular flexibility index (Phi) is 6.24. The second kappa shape index (κ2) is 8.94. The SMILES string of the molecule is NCc1cccc(C(=O)N2[C@@H]3CC[C@H]2CC(CCc2cc(F)c(F)c(C(N)=O)c2F)C3)c1. The predicted molar refractivity (Wildman–Crippen MR) is 113 cm³/mol. The van der Waals surface area contributed by atoms with Crippen molar-refractivity contribution < 1.29 is 22.8 Å². The van der Waals surface area contributed by atoms with Crippen LogP contribution in [0.1, 0.15) is 63.9 Å². The number of benzene rings is 2. The van der Waals surface area contributed by atoms with Crippen LogP contribution < -0.4 is 11.5 Å². The number of nitrogens with zero attached hydrogens (tertiary/aromatic N) is 1. The van der Waals surface area contributed by atoms with E-state index < -0.39 is 28.9 Å². The van der Waals surface area contributed by atoms with Crippen molar-refractivity contribution in [1.29, 1.82) is 0 Å². The molecule has 2 amide bonds. The van der Waals surface area contributed by atoms with Gasteiger partial charge in [0.1, 0.15) is 11.4 Å². The molecule has 3 atom stereocenters. The zero-order chi connectivity index (χ0) is 23.0. The van der Waals surface area contributed by atoms with Crippen molar-refractivity contribution in [3.8, 4) is 0 Å².